The molecule has 0 unspecified atom stereocenters. The summed E-state index contributed by atoms with van der Waals surface area (Å²) < 4.78 is 1.08. The van der Waals surface area contributed by atoms with Gasteiger partial charge in [0.2, 0.25) is 0 Å². The fourth-order valence-electron chi connectivity index (χ4n) is 4.67. The Hall–Kier alpha value is -1.99. The first kappa shape index (κ1) is 18.1. The molecule has 3 aromatic heterocycles. The summed E-state index contributed by atoms with van der Waals surface area (Å²) in [7, 11) is 0. The van der Waals surface area contributed by atoms with Gasteiger partial charge in [0.05, 0.1) is 30.6 Å². The van der Waals surface area contributed by atoms with Crippen LogP contribution in [0.1, 0.15) is 50.2 Å². The van der Waals surface area contributed by atoms with E-state index in [1.165, 1.54) is 59.3 Å². The minimum atomic E-state index is -0.0369. The number of pyridine rings is 1. The van der Waals surface area contributed by atoms with Crippen molar-refractivity contribution in [2.45, 2.75) is 57.9 Å². The molecule has 3 aromatic rings. The van der Waals surface area contributed by atoms with E-state index in [0.717, 1.165) is 42.0 Å². The minimum Gasteiger partial charge on any atom is -0.394 e. The number of aliphatic hydroxyl groups is 1. The summed E-state index contributed by atoms with van der Waals surface area (Å²) in [5, 5.41) is 14.1. The Morgan fingerprint density at radius 2 is 1.93 bits per heavy atom. The van der Waals surface area contributed by atoms with E-state index in [0.29, 0.717) is 0 Å². The fraction of sp³-hybridized carbons (Fsp3) is 0.571. The zero-order valence-corrected chi connectivity index (χ0v) is 17.2. The Morgan fingerprint density at radius 1 is 1.14 bits per heavy atom. The molecule has 0 bridgehead atoms. The summed E-state index contributed by atoms with van der Waals surface area (Å²) in [6.07, 6.45) is 10.4. The second-order valence-electron chi connectivity index (χ2n) is 8.12. The second-order valence-corrected chi connectivity index (χ2v) is 9.14. The number of rotatable bonds is 4. The smallest absolute Gasteiger partial charge is 0.278 e. The van der Waals surface area contributed by atoms with Crippen molar-refractivity contribution in [3.8, 4) is 0 Å². The van der Waals surface area contributed by atoms with Gasteiger partial charge in [-0.3, -0.25) is 4.90 Å². The van der Waals surface area contributed by atoms with Crippen LogP contribution in [0.3, 0.4) is 0 Å². The first-order valence-electron chi connectivity index (χ1n) is 10.5. The van der Waals surface area contributed by atoms with E-state index in [9.17, 15) is 5.11 Å². The number of thiophene rings is 1. The highest BCUT2D eigenvalue weighted by Crippen LogP contribution is 2.41. The molecule has 0 aromatic carbocycles. The van der Waals surface area contributed by atoms with Crippen molar-refractivity contribution < 1.29 is 10.1 Å². The molecule has 28 heavy (non-hydrogen) atoms. The highest BCUT2D eigenvalue weighted by atomic mass is 32.1. The van der Waals surface area contributed by atoms with Crippen LogP contribution in [-0.4, -0.2) is 40.8 Å². The number of anilines is 2. The van der Waals surface area contributed by atoms with Crippen molar-refractivity contribution in [3.05, 3.63) is 17.5 Å². The van der Waals surface area contributed by atoms with Gasteiger partial charge in [0.1, 0.15) is 16.8 Å². The Kier molecular flexibility index (Phi) is 4.80. The number of aryl methyl sites for hydroxylation is 1. The van der Waals surface area contributed by atoms with Gasteiger partial charge in [0.25, 0.3) is 5.82 Å². The molecule has 148 valence electrons. The van der Waals surface area contributed by atoms with Crippen molar-refractivity contribution in [2.24, 2.45) is 0 Å². The standard InChI is InChI=1S/C21H27N5OS/c1-13(11-27)24-19-18-17(22-12-23-19)16-14-7-3-4-8-15(14)20(25-21(16)28-18)26-9-5-2-6-10-26/h12-13,27H,2-11H2,1H3,(H,22,23,24)/p+1/t13-/m1/s1. The average Bonchev–Trinajstić information content (AvgIpc) is 3.13. The average molecular weight is 399 g/mol. The predicted molar refractivity (Wildman–Crippen MR) is 114 cm³/mol. The number of aliphatic hydroxyl groups excluding tert-OH is 1. The number of nitrogens with zero attached hydrogens (tertiary/aromatic N) is 3. The van der Waals surface area contributed by atoms with Crippen LogP contribution in [0.25, 0.3) is 20.4 Å². The Bertz CT molecular complexity index is 1010. The zero-order chi connectivity index (χ0) is 19.1. The van der Waals surface area contributed by atoms with Crippen LogP contribution in [-0.2, 0) is 12.8 Å². The van der Waals surface area contributed by atoms with E-state index in [1.54, 1.807) is 17.7 Å². The maximum Gasteiger partial charge on any atom is 0.278 e. The Balaban J connectivity index is 1.72. The molecule has 4 heterocycles. The number of nitrogens with one attached hydrogen (secondary N) is 2. The lowest BCUT2D eigenvalue weighted by Crippen LogP contribution is -2.36. The molecule has 0 saturated carbocycles. The van der Waals surface area contributed by atoms with E-state index < -0.39 is 0 Å². The molecule has 1 fully saturated rings. The minimum absolute atomic E-state index is 0.0369. The van der Waals surface area contributed by atoms with Gasteiger partial charge in [-0.2, -0.15) is 0 Å². The molecule has 0 radical (unpaired) electrons. The maximum absolute atomic E-state index is 9.43. The van der Waals surface area contributed by atoms with Crippen LogP contribution < -0.4 is 15.2 Å². The van der Waals surface area contributed by atoms with Gasteiger partial charge in [0, 0.05) is 11.6 Å². The van der Waals surface area contributed by atoms with Crippen LogP contribution in [0.5, 0.6) is 0 Å². The van der Waals surface area contributed by atoms with Crippen molar-refractivity contribution in [1.82, 2.24) is 9.97 Å². The largest absolute Gasteiger partial charge is 0.394 e. The van der Waals surface area contributed by atoms with Gasteiger partial charge in [-0.05, 0) is 57.4 Å². The van der Waals surface area contributed by atoms with Gasteiger partial charge < -0.3 is 10.4 Å². The topological polar surface area (TPSA) is 75.4 Å². The second kappa shape index (κ2) is 7.44. The van der Waals surface area contributed by atoms with Gasteiger partial charge in [-0.1, -0.05) is 11.3 Å². The molecule has 1 aliphatic heterocycles. The lowest BCUT2D eigenvalue weighted by Gasteiger charge is -2.25. The summed E-state index contributed by atoms with van der Waals surface area (Å²) in [4.78, 5) is 16.7. The summed E-state index contributed by atoms with van der Waals surface area (Å²) in [6, 6.07) is -0.0369. The van der Waals surface area contributed by atoms with Gasteiger partial charge in [-0.25, -0.2) is 15.0 Å². The van der Waals surface area contributed by atoms with E-state index in [4.69, 9.17) is 0 Å². The molecule has 1 atom stereocenters. The predicted octanol–water partition coefficient (Wildman–Crippen LogP) is 3.32. The van der Waals surface area contributed by atoms with Crippen LogP contribution in [0.15, 0.2) is 6.33 Å². The van der Waals surface area contributed by atoms with Crippen LogP contribution in [0.4, 0.5) is 11.6 Å². The maximum atomic E-state index is 9.43. The van der Waals surface area contributed by atoms with Crippen LogP contribution >= 0.6 is 11.3 Å². The lowest BCUT2D eigenvalue weighted by molar-refractivity contribution is -0.328. The zero-order valence-electron chi connectivity index (χ0n) is 16.4. The number of hydrogen-bond donors (Lipinski definition) is 2. The molecule has 1 saturated heterocycles. The Labute approximate surface area is 169 Å². The highest BCUT2D eigenvalue weighted by Gasteiger charge is 2.30. The third-order valence-corrected chi connectivity index (χ3v) is 7.19. The van der Waals surface area contributed by atoms with Gasteiger partial charge in [-0.15, -0.1) is 0 Å². The molecule has 7 heteroatoms. The molecule has 1 aliphatic carbocycles. The number of fused-ring (bicyclic) bond motifs is 5. The normalized spacial score (nSPS) is 18.4. The molecule has 0 amide bonds. The van der Waals surface area contributed by atoms with E-state index in [-0.39, 0.29) is 12.6 Å². The SMILES string of the molecule is C[C@H](CO)Nc1ncnc2c1sc1[nH+]c(N3CCCCC3)c3c(c12)CCCC3. The number of aromatic nitrogens is 3. The molecule has 5 rings (SSSR count). The first-order chi connectivity index (χ1) is 13.8. The molecular weight excluding hydrogens is 370 g/mol. The van der Waals surface area contributed by atoms with E-state index in [2.05, 4.69) is 25.2 Å². The van der Waals surface area contributed by atoms with Crippen LogP contribution in [0.2, 0.25) is 0 Å². The Morgan fingerprint density at radius 3 is 2.71 bits per heavy atom. The van der Waals surface area contributed by atoms with Gasteiger partial charge >= 0.3 is 0 Å². The molecule has 3 N–H and O–H groups in total. The quantitative estimate of drug-likeness (QED) is 0.705. The first-order valence-corrected chi connectivity index (χ1v) is 11.3. The van der Waals surface area contributed by atoms with Crippen molar-refractivity contribution in [2.75, 3.05) is 29.9 Å². The third kappa shape index (κ3) is 3.01. The fourth-order valence-corrected chi connectivity index (χ4v) is 5.81. The van der Waals surface area contributed by atoms with Crippen molar-refractivity contribution in [3.63, 3.8) is 0 Å². The van der Waals surface area contributed by atoms with Crippen LogP contribution in [0, 0.1) is 0 Å². The molecule has 0 spiro atoms. The third-order valence-electron chi connectivity index (χ3n) is 6.09. The monoisotopic (exact) mass is 398 g/mol. The number of piperidine rings is 1. The molecule has 6 nitrogen and oxygen atoms in total. The van der Waals surface area contributed by atoms with Crippen molar-refractivity contribution >= 4 is 43.4 Å². The van der Waals surface area contributed by atoms with Crippen molar-refractivity contribution in [1.29, 1.82) is 0 Å². The molecule has 2 aliphatic rings. The van der Waals surface area contributed by atoms with E-state index in [1.807, 2.05) is 6.92 Å². The number of aromatic amines is 1. The molecular formula is C21H28N5OS+. The highest BCUT2D eigenvalue weighted by molar-refractivity contribution is 7.25. The summed E-state index contributed by atoms with van der Waals surface area (Å²) in [6.45, 7) is 4.35. The lowest BCUT2D eigenvalue weighted by atomic mass is 9.89. The van der Waals surface area contributed by atoms with E-state index >= 15 is 0 Å². The summed E-state index contributed by atoms with van der Waals surface area (Å²) in [5.74, 6) is 2.17. The number of H-pyrrole nitrogens is 1. The summed E-state index contributed by atoms with van der Waals surface area (Å²) >= 11 is 1.74. The van der Waals surface area contributed by atoms with Gasteiger partial charge in [0.15, 0.2) is 4.83 Å². The summed E-state index contributed by atoms with van der Waals surface area (Å²) in [5.41, 5.74) is 4.05. The number of hydrogen-bond acceptors (Lipinski definition) is 6.